The number of ether oxygens (including phenoxy) is 1. The van der Waals surface area contributed by atoms with E-state index in [4.69, 9.17) is 5.26 Å². The second kappa shape index (κ2) is 5.94. The molecule has 21 heavy (non-hydrogen) atoms. The lowest BCUT2D eigenvalue weighted by Gasteiger charge is -2.35. The first kappa shape index (κ1) is 15.6. The molecule has 0 saturated carbocycles. The fraction of sp³-hybridized carbons (Fsp3) is 0.533. The number of hydrogen-bond acceptors (Lipinski definition) is 3. The summed E-state index contributed by atoms with van der Waals surface area (Å²) in [5.41, 5.74) is 0.189. The van der Waals surface area contributed by atoms with Gasteiger partial charge in [-0.05, 0) is 38.9 Å². The minimum absolute atomic E-state index is 0.154. The van der Waals surface area contributed by atoms with Crippen LogP contribution in [0, 0.1) is 16.7 Å². The van der Waals surface area contributed by atoms with Gasteiger partial charge < -0.3 is 4.74 Å². The summed E-state index contributed by atoms with van der Waals surface area (Å²) in [4.78, 5) is 2.05. The Kier molecular flexibility index (Phi) is 4.43. The Hall–Kier alpha value is -1.74. The third kappa shape index (κ3) is 4.36. The monoisotopic (exact) mass is 298 g/mol. The summed E-state index contributed by atoms with van der Waals surface area (Å²) < 4.78 is 41.2. The van der Waals surface area contributed by atoms with E-state index in [9.17, 15) is 13.2 Å². The molecule has 1 aromatic rings. The van der Waals surface area contributed by atoms with Gasteiger partial charge in [-0.3, -0.25) is 4.90 Å². The molecule has 2 rings (SSSR count). The van der Waals surface area contributed by atoms with E-state index in [-0.39, 0.29) is 11.2 Å². The molecular weight excluding hydrogens is 281 g/mol. The number of para-hydroxylation sites is 1. The summed E-state index contributed by atoms with van der Waals surface area (Å²) in [5.74, 6) is -0.154. The van der Waals surface area contributed by atoms with E-state index >= 15 is 0 Å². The number of piperidine rings is 1. The molecule has 1 saturated heterocycles. The fourth-order valence-electron chi connectivity index (χ4n) is 2.42. The van der Waals surface area contributed by atoms with Crippen molar-refractivity contribution in [1.29, 1.82) is 5.26 Å². The Balaban J connectivity index is 2.03. The maximum atomic E-state index is 12.4. The quantitative estimate of drug-likeness (QED) is 0.853. The highest BCUT2D eigenvalue weighted by molar-refractivity contribution is 5.33. The van der Waals surface area contributed by atoms with Gasteiger partial charge in [-0.1, -0.05) is 18.2 Å². The molecule has 0 aliphatic carbocycles. The molecule has 0 atom stereocenters. The summed E-state index contributed by atoms with van der Waals surface area (Å²) >= 11 is 0. The number of alkyl halides is 3. The topological polar surface area (TPSA) is 36.3 Å². The van der Waals surface area contributed by atoms with Gasteiger partial charge in [0.1, 0.15) is 5.75 Å². The molecule has 3 nitrogen and oxygen atoms in total. The van der Waals surface area contributed by atoms with E-state index < -0.39 is 6.36 Å². The number of halogens is 3. The summed E-state index contributed by atoms with van der Waals surface area (Å²) in [6, 6.07) is 8.49. The van der Waals surface area contributed by atoms with Crippen LogP contribution in [0.25, 0.3) is 0 Å². The van der Waals surface area contributed by atoms with Gasteiger partial charge in [-0.2, -0.15) is 5.26 Å². The Morgan fingerprint density at radius 3 is 2.48 bits per heavy atom. The summed E-state index contributed by atoms with van der Waals surface area (Å²) in [6.45, 7) is 3.72. The number of benzene rings is 1. The predicted octanol–water partition coefficient (Wildman–Crippen LogP) is 3.71. The van der Waals surface area contributed by atoms with Gasteiger partial charge in [0.15, 0.2) is 0 Å². The van der Waals surface area contributed by atoms with Gasteiger partial charge in [-0.15, -0.1) is 13.2 Å². The van der Waals surface area contributed by atoms with Gasteiger partial charge >= 0.3 is 6.36 Å². The van der Waals surface area contributed by atoms with Crippen molar-refractivity contribution in [2.24, 2.45) is 5.41 Å². The number of likely N-dealkylation sites (tertiary alicyclic amines) is 1. The van der Waals surface area contributed by atoms with Gasteiger partial charge in [-0.25, -0.2) is 0 Å². The predicted molar refractivity (Wildman–Crippen MR) is 71.4 cm³/mol. The van der Waals surface area contributed by atoms with Crippen molar-refractivity contribution in [1.82, 2.24) is 4.90 Å². The second-order valence-corrected chi connectivity index (χ2v) is 5.60. The summed E-state index contributed by atoms with van der Waals surface area (Å²) in [6.07, 6.45) is -3.23. The molecule has 0 N–H and O–H groups in total. The molecule has 0 bridgehead atoms. The van der Waals surface area contributed by atoms with Crippen molar-refractivity contribution in [2.75, 3.05) is 13.1 Å². The molecule has 1 aliphatic heterocycles. The van der Waals surface area contributed by atoms with Crippen molar-refractivity contribution >= 4 is 0 Å². The molecule has 0 amide bonds. The van der Waals surface area contributed by atoms with Gasteiger partial charge in [0.25, 0.3) is 0 Å². The van der Waals surface area contributed by atoms with Crippen LogP contribution in [-0.4, -0.2) is 24.4 Å². The highest BCUT2D eigenvalue weighted by Crippen LogP contribution is 2.32. The average Bonchev–Trinajstić information content (AvgIpc) is 2.42. The third-order valence-electron chi connectivity index (χ3n) is 3.82. The van der Waals surface area contributed by atoms with Gasteiger partial charge in [0.05, 0.1) is 11.5 Å². The molecule has 1 heterocycles. The number of rotatable bonds is 3. The Labute approximate surface area is 121 Å². The molecule has 114 valence electrons. The van der Waals surface area contributed by atoms with Crippen molar-refractivity contribution in [3.05, 3.63) is 29.8 Å². The smallest absolute Gasteiger partial charge is 0.405 e. The highest BCUT2D eigenvalue weighted by Gasteiger charge is 2.33. The van der Waals surface area contributed by atoms with Crippen LogP contribution in [0.4, 0.5) is 13.2 Å². The summed E-state index contributed by atoms with van der Waals surface area (Å²) in [5, 5.41) is 9.08. The lowest BCUT2D eigenvalue weighted by Crippen LogP contribution is -2.37. The average molecular weight is 298 g/mol. The fourth-order valence-corrected chi connectivity index (χ4v) is 2.42. The van der Waals surface area contributed by atoms with E-state index in [1.807, 2.05) is 6.92 Å². The number of hydrogen-bond donors (Lipinski definition) is 0. The lowest BCUT2D eigenvalue weighted by atomic mass is 9.82. The molecule has 0 unspecified atom stereocenters. The zero-order valence-corrected chi connectivity index (χ0v) is 11.8. The standard InChI is InChI=1S/C15H17F3N2O/c1-14(11-19)6-8-20(9-7-14)10-12-4-2-3-5-13(12)21-15(16,17)18/h2-5H,6-10H2,1H3. The highest BCUT2D eigenvalue weighted by atomic mass is 19.4. The Morgan fingerprint density at radius 2 is 1.90 bits per heavy atom. The van der Waals surface area contributed by atoms with Crippen LogP contribution >= 0.6 is 0 Å². The first-order valence-corrected chi connectivity index (χ1v) is 6.79. The molecule has 0 aromatic heterocycles. The minimum atomic E-state index is -4.68. The van der Waals surface area contributed by atoms with Crippen LogP contribution < -0.4 is 4.74 Å². The van der Waals surface area contributed by atoms with Gasteiger partial charge in [0, 0.05) is 12.1 Å². The molecule has 0 spiro atoms. The van der Waals surface area contributed by atoms with E-state index in [2.05, 4.69) is 15.7 Å². The zero-order valence-electron chi connectivity index (χ0n) is 11.8. The van der Waals surface area contributed by atoms with E-state index in [0.29, 0.717) is 25.2 Å². The maximum absolute atomic E-state index is 12.4. The largest absolute Gasteiger partial charge is 0.573 e. The molecule has 1 aliphatic rings. The first-order chi connectivity index (χ1) is 9.81. The van der Waals surface area contributed by atoms with Crippen molar-refractivity contribution in [3.8, 4) is 11.8 Å². The van der Waals surface area contributed by atoms with Gasteiger partial charge in [0.2, 0.25) is 0 Å². The van der Waals surface area contributed by atoms with Crippen LogP contribution in [-0.2, 0) is 6.54 Å². The molecule has 6 heteroatoms. The van der Waals surface area contributed by atoms with Crippen LogP contribution in [0.5, 0.6) is 5.75 Å². The third-order valence-corrected chi connectivity index (χ3v) is 3.82. The van der Waals surface area contributed by atoms with Crippen LogP contribution in [0.15, 0.2) is 24.3 Å². The number of nitriles is 1. The maximum Gasteiger partial charge on any atom is 0.573 e. The Morgan fingerprint density at radius 1 is 1.29 bits per heavy atom. The number of nitrogens with zero attached hydrogens (tertiary/aromatic N) is 2. The van der Waals surface area contributed by atoms with E-state index in [0.717, 1.165) is 12.8 Å². The minimum Gasteiger partial charge on any atom is -0.405 e. The van der Waals surface area contributed by atoms with E-state index in [1.165, 1.54) is 12.1 Å². The van der Waals surface area contributed by atoms with Crippen LogP contribution in [0.2, 0.25) is 0 Å². The zero-order chi connectivity index (χ0) is 15.5. The van der Waals surface area contributed by atoms with Crippen molar-refractivity contribution < 1.29 is 17.9 Å². The molecule has 1 fully saturated rings. The van der Waals surface area contributed by atoms with Crippen molar-refractivity contribution in [3.63, 3.8) is 0 Å². The Bertz CT molecular complexity index is 528. The van der Waals surface area contributed by atoms with Crippen molar-refractivity contribution in [2.45, 2.75) is 32.7 Å². The molecular formula is C15H17F3N2O. The molecule has 1 aromatic carbocycles. The van der Waals surface area contributed by atoms with Crippen LogP contribution in [0.1, 0.15) is 25.3 Å². The second-order valence-electron chi connectivity index (χ2n) is 5.60. The van der Waals surface area contributed by atoms with Crippen LogP contribution in [0.3, 0.4) is 0 Å². The normalized spacial score (nSPS) is 19.0. The van der Waals surface area contributed by atoms with E-state index in [1.54, 1.807) is 12.1 Å². The lowest BCUT2D eigenvalue weighted by molar-refractivity contribution is -0.275. The summed E-state index contributed by atoms with van der Waals surface area (Å²) in [7, 11) is 0. The first-order valence-electron chi connectivity index (χ1n) is 6.79. The molecule has 0 radical (unpaired) electrons. The SMILES string of the molecule is CC1(C#N)CCN(Cc2ccccc2OC(F)(F)F)CC1.